The van der Waals surface area contributed by atoms with Gasteiger partial charge in [0.25, 0.3) is 0 Å². The van der Waals surface area contributed by atoms with Gasteiger partial charge in [0, 0.05) is 18.1 Å². The molecule has 0 bridgehead atoms. The lowest BCUT2D eigenvalue weighted by atomic mass is 10.2. The van der Waals surface area contributed by atoms with Crippen molar-refractivity contribution in [3.8, 4) is 0 Å². The quantitative estimate of drug-likeness (QED) is 0.142. The van der Waals surface area contributed by atoms with Crippen molar-refractivity contribution in [3.05, 3.63) is 12.7 Å². The molecular weight excluding hydrogens is 198 g/mol. The van der Waals surface area contributed by atoms with Crippen LogP contribution in [0.25, 0.3) is 0 Å². The van der Waals surface area contributed by atoms with Gasteiger partial charge in [0.05, 0.1) is 6.04 Å². The molecule has 0 spiro atoms. The number of nitrogens with two attached hydrogens (primary N) is 1. The van der Waals surface area contributed by atoms with Crippen LogP contribution in [0.15, 0.2) is 17.8 Å². The monoisotopic (exact) mass is 217 g/mol. The lowest BCUT2D eigenvalue weighted by molar-refractivity contribution is 0.314. The van der Waals surface area contributed by atoms with Crippen LogP contribution in [0, 0.1) is 0 Å². The van der Waals surface area contributed by atoms with E-state index in [1.165, 1.54) is 0 Å². The highest BCUT2D eigenvalue weighted by Gasteiger charge is 2.09. The van der Waals surface area contributed by atoms with E-state index in [1.807, 2.05) is 13.0 Å². The summed E-state index contributed by atoms with van der Waals surface area (Å²) in [6, 6.07) is -0.0238. The summed E-state index contributed by atoms with van der Waals surface area (Å²) in [5.41, 5.74) is 5.48. The van der Waals surface area contributed by atoms with E-state index in [2.05, 4.69) is 17.1 Å². The van der Waals surface area contributed by atoms with Gasteiger partial charge in [-0.25, -0.2) is 0 Å². The van der Waals surface area contributed by atoms with E-state index in [0.717, 1.165) is 24.5 Å². The fraction of sp³-hybridized carbons (Fsp3) is 0.667. The number of amidine groups is 1. The Morgan fingerprint density at radius 1 is 1.79 bits per heavy atom. The largest absolute Gasteiger partial charge is 0.409 e. The topological polar surface area (TPSA) is 70.6 Å². The molecule has 0 aromatic carbocycles. The molecule has 4 N–H and O–H groups in total. The van der Waals surface area contributed by atoms with Gasteiger partial charge in [-0.15, -0.1) is 6.58 Å². The van der Waals surface area contributed by atoms with Gasteiger partial charge in [0.1, 0.15) is 0 Å². The molecule has 0 aliphatic heterocycles. The Bertz CT molecular complexity index is 185. The van der Waals surface area contributed by atoms with Gasteiger partial charge in [0.15, 0.2) is 5.84 Å². The average molecular weight is 217 g/mol. The SMILES string of the molecule is C=CCSCCNC(CC)/C(N)=N/O. The zero-order valence-electron chi connectivity index (χ0n) is 8.57. The Kier molecular flexibility index (Phi) is 8.47. The standard InChI is InChI=1S/C9H19N3OS/c1-3-6-14-7-5-11-8(4-2)9(10)12-13/h3,8,11,13H,1,4-7H2,2H3,(H2,10,12). The molecule has 0 saturated carbocycles. The third-order valence-corrected chi connectivity index (χ3v) is 2.72. The Morgan fingerprint density at radius 3 is 3.00 bits per heavy atom. The summed E-state index contributed by atoms with van der Waals surface area (Å²) in [6.07, 6.45) is 2.70. The van der Waals surface area contributed by atoms with Gasteiger partial charge in [-0.3, -0.25) is 0 Å². The maximum Gasteiger partial charge on any atom is 0.156 e. The predicted octanol–water partition coefficient (Wildman–Crippen LogP) is 1.02. The summed E-state index contributed by atoms with van der Waals surface area (Å²) >= 11 is 1.80. The van der Waals surface area contributed by atoms with Crippen LogP contribution in [0.4, 0.5) is 0 Å². The molecule has 0 radical (unpaired) electrons. The van der Waals surface area contributed by atoms with Gasteiger partial charge in [0.2, 0.25) is 0 Å². The van der Waals surface area contributed by atoms with Crippen LogP contribution in [-0.4, -0.2) is 35.1 Å². The molecule has 0 aliphatic rings. The molecular formula is C9H19N3OS. The molecule has 0 fully saturated rings. The maximum atomic E-state index is 8.48. The van der Waals surface area contributed by atoms with E-state index < -0.39 is 0 Å². The van der Waals surface area contributed by atoms with Crippen molar-refractivity contribution in [1.82, 2.24) is 5.32 Å². The van der Waals surface area contributed by atoms with E-state index >= 15 is 0 Å². The number of thioether (sulfide) groups is 1. The minimum Gasteiger partial charge on any atom is -0.409 e. The highest BCUT2D eigenvalue weighted by atomic mass is 32.2. The van der Waals surface area contributed by atoms with Gasteiger partial charge >= 0.3 is 0 Å². The summed E-state index contributed by atoms with van der Waals surface area (Å²) in [5.74, 6) is 2.21. The second-order valence-corrected chi connectivity index (χ2v) is 3.95. The molecule has 0 heterocycles. The molecule has 5 heteroatoms. The number of nitrogens with zero attached hydrogens (tertiary/aromatic N) is 1. The number of hydrogen-bond acceptors (Lipinski definition) is 4. The summed E-state index contributed by atoms with van der Waals surface area (Å²) in [7, 11) is 0. The molecule has 0 saturated heterocycles. The van der Waals surface area contributed by atoms with E-state index in [-0.39, 0.29) is 11.9 Å². The third kappa shape index (κ3) is 5.88. The van der Waals surface area contributed by atoms with Crippen LogP contribution in [0.5, 0.6) is 0 Å². The van der Waals surface area contributed by atoms with Crippen LogP contribution in [-0.2, 0) is 0 Å². The second kappa shape index (κ2) is 8.90. The molecule has 4 nitrogen and oxygen atoms in total. The van der Waals surface area contributed by atoms with Gasteiger partial charge in [-0.05, 0) is 6.42 Å². The predicted molar refractivity (Wildman–Crippen MR) is 63.0 cm³/mol. The number of nitrogens with one attached hydrogen (secondary N) is 1. The van der Waals surface area contributed by atoms with E-state index in [0.29, 0.717) is 0 Å². The van der Waals surface area contributed by atoms with Crippen LogP contribution < -0.4 is 11.1 Å². The van der Waals surface area contributed by atoms with Crippen LogP contribution in [0.3, 0.4) is 0 Å². The molecule has 82 valence electrons. The lowest BCUT2D eigenvalue weighted by Gasteiger charge is -2.14. The molecule has 1 atom stereocenters. The fourth-order valence-corrected chi connectivity index (χ4v) is 1.60. The summed E-state index contributed by atoms with van der Waals surface area (Å²) in [5, 5.41) is 14.7. The van der Waals surface area contributed by atoms with Gasteiger partial charge < -0.3 is 16.3 Å². The van der Waals surface area contributed by atoms with Crippen molar-refractivity contribution in [1.29, 1.82) is 0 Å². The molecule has 0 aliphatic carbocycles. The highest BCUT2D eigenvalue weighted by Crippen LogP contribution is 1.98. The number of rotatable bonds is 8. The first kappa shape index (κ1) is 13.3. The zero-order valence-corrected chi connectivity index (χ0v) is 9.39. The summed E-state index contributed by atoms with van der Waals surface area (Å²) < 4.78 is 0. The molecule has 0 aromatic rings. The maximum absolute atomic E-state index is 8.48. The Morgan fingerprint density at radius 2 is 2.50 bits per heavy atom. The van der Waals surface area contributed by atoms with Crippen molar-refractivity contribution in [3.63, 3.8) is 0 Å². The van der Waals surface area contributed by atoms with Crippen molar-refractivity contribution in [2.75, 3.05) is 18.1 Å². The van der Waals surface area contributed by atoms with E-state index in [4.69, 9.17) is 10.9 Å². The first-order valence-electron chi connectivity index (χ1n) is 4.65. The normalized spacial score (nSPS) is 13.9. The molecule has 1 unspecified atom stereocenters. The van der Waals surface area contributed by atoms with Gasteiger partial charge in [-0.2, -0.15) is 11.8 Å². The second-order valence-electron chi connectivity index (χ2n) is 2.80. The minimum absolute atomic E-state index is 0.0238. The number of oxime groups is 1. The van der Waals surface area contributed by atoms with Crippen molar-refractivity contribution in [2.24, 2.45) is 10.9 Å². The third-order valence-electron chi connectivity index (χ3n) is 1.75. The number of hydrogen-bond donors (Lipinski definition) is 3. The first-order chi connectivity index (χ1) is 6.76. The Labute approximate surface area is 89.6 Å². The molecule has 14 heavy (non-hydrogen) atoms. The van der Waals surface area contributed by atoms with Crippen molar-refractivity contribution < 1.29 is 5.21 Å². The smallest absolute Gasteiger partial charge is 0.156 e. The van der Waals surface area contributed by atoms with Crippen molar-refractivity contribution in [2.45, 2.75) is 19.4 Å². The lowest BCUT2D eigenvalue weighted by Crippen LogP contribution is -2.41. The van der Waals surface area contributed by atoms with E-state index in [1.54, 1.807) is 11.8 Å². The summed E-state index contributed by atoms with van der Waals surface area (Å²) in [4.78, 5) is 0. The molecule has 0 amide bonds. The van der Waals surface area contributed by atoms with Crippen LogP contribution in [0.1, 0.15) is 13.3 Å². The van der Waals surface area contributed by atoms with Gasteiger partial charge in [-0.1, -0.05) is 18.2 Å². The van der Waals surface area contributed by atoms with Crippen molar-refractivity contribution >= 4 is 17.6 Å². The highest BCUT2D eigenvalue weighted by molar-refractivity contribution is 7.99. The fourth-order valence-electron chi connectivity index (χ4n) is 1.000. The first-order valence-corrected chi connectivity index (χ1v) is 5.81. The molecule has 0 aromatic heterocycles. The van der Waals surface area contributed by atoms with Crippen LogP contribution in [0.2, 0.25) is 0 Å². The Balaban J connectivity index is 3.58. The van der Waals surface area contributed by atoms with Crippen LogP contribution >= 0.6 is 11.8 Å². The van der Waals surface area contributed by atoms with E-state index in [9.17, 15) is 0 Å². The minimum atomic E-state index is -0.0238. The summed E-state index contributed by atoms with van der Waals surface area (Å²) in [6.45, 7) is 6.48. The zero-order chi connectivity index (χ0) is 10.8. The average Bonchev–Trinajstić information content (AvgIpc) is 2.22. The Hall–Kier alpha value is -0.680. The molecule has 0 rings (SSSR count).